The number of carbonyl (C=O) groups is 3. The van der Waals surface area contributed by atoms with Crippen molar-refractivity contribution in [1.82, 2.24) is 25.1 Å². The molecule has 2 aliphatic heterocycles. The number of fused-ring (bicyclic) bond motifs is 1. The third-order valence-corrected chi connectivity index (χ3v) is 6.99. The maximum absolute atomic E-state index is 13.7. The van der Waals surface area contributed by atoms with E-state index in [0.29, 0.717) is 26.1 Å². The topological polar surface area (TPSA) is 76.2 Å². The molecule has 2 saturated heterocycles. The van der Waals surface area contributed by atoms with Crippen LogP contribution in [0.3, 0.4) is 0 Å². The van der Waals surface area contributed by atoms with Gasteiger partial charge in [-0.05, 0) is 17.5 Å². The second-order valence-electron chi connectivity index (χ2n) is 9.64. The number of urea groups is 1. The Morgan fingerprint density at radius 2 is 1.61 bits per heavy atom. The third-order valence-electron chi connectivity index (χ3n) is 6.99. The minimum Gasteiger partial charge on any atom is -0.337 e. The van der Waals surface area contributed by atoms with Crippen molar-refractivity contribution in [2.45, 2.75) is 57.8 Å². The summed E-state index contributed by atoms with van der Waals surface area (Å²) in [4.78, 5) is 43.9. The number of piperazine rings is 1. The minimum absolute atomic E-state index is 0.0332. The molecule has 8 nitrogen and oxygen atoms in total. The highest BCUT2D eigenvalue weighted by Gasteiger charge is 2.50. The molecule has 0 bridgehead atoms. The molecule has 2 fully saturated rings. The first-order valence-corrected chi connectivity index (χ1v) is 13.0. The van der Waals surface area contributed by atoms with Crippen molar-refractivity contribution in [2.24, 2.45) is 0 Å². The van der Waals surface area contributed by atoms with E-state index in [1.165, 1.54) is 0 Å². The average molecular weight is 492 g/mol. The first kappa shape index (κ1) is 25.7. The fourth-order valence-corrected chi connectivity index (χ4v) is 5.13. The minimum atomic E-state index is -0.636. The summed E-state index contributed by atoms with van der Waals surface area (Å²) in [6.45, 7) is 3.54. The Labute approximate surface area is 213 Å². The Hall–Kier alpha value is -3.39. The summed E-state index contributed by atoms with van der Waals surface area (Å²) in [7, 11) is 1.76. The van der Waals surface area contributed by atoms with Crippen LogP contribution in [0.2, 0.25) is 0 Å². The highest BCUT2D eigenvalue weighted by molar-refractivity contribution is 5.91. The number of amides is 4. The number of likely N-dealkylation sites (N-methyl/N-ethyl adjacent to an activating group) is 1. The molecule has 2 heterocycles. The zero-order valence-corrected chi connectivity index (χ0v) is 21.3. The van der Waals surface area contributed by atoms with E-state index < -0.39 is 12.2 Å². The van der Waals surface area contributed by atoms with Crippen LogP contribution < -0.4 is 5.32 Å². The fourth-order valence-electron chi connectivity index (χ4n) is 5.13. The molecule has 0 aliphatic carbocycles. The van der Waals surface area contributed by atoms with E-state index in [4.69, 9.17) is 0 Å². The number of rotatable bonds is 9. The Bertz CT molecular complexity index is 1030. The lowest BCUT2D eigenvalue weighted by Gasteiger charge is -2.54. The van der Waals surface area contributed by atoms with Gasteiger partial charge in [-0.3, -0.25) is 9.59 Å². The van der Waals surface area contributed by atoms with Crippen LogP contribution in [0.15, 0.2) is 60.7 Å². The van der Waals surface area contributed by atoms with Crippen LogP contribution in [0.25, 0.3) is 0 Å². The molecule has 1 N–H and O–H groups in total. The molecule has 2 aromatic rings. The van der Waals surface area contributed by atoms with E-state index in [1.54, 1.807) is 22.0 Å². The molecule has 2 aliphatic rings. The van der Waals surface area contributed by atoms with Crippen LogP contribution in [-0.2, 0) is 22.6 Å². The van der Waals surface area contributed by atoms with E-state index in [1.807, 2.05) is 65.6 Å². The number of nitrogens with one attached hydrogen (secondary N) is 1. The molecule has 192 valence electrons. The van der Waals surface area contributed by atoms with Gasteiger partial charge in [0.1, 0.15) is 12.2 Å². The molecule has 4 rings (SSSR count). The van der Waals surface area contributed by atoms with Crippen molar-refractivity contribution in [1.29, 1.82) is 0 Å². The summed E-state index contributed by atoms with van der Waals surface area (Å²) < 4.78 is 0. The van der Waals surface area contributed by atoms with E-state index in [-0.39, 0.29) is 24.4 Å². The maximum atomic E-state index is 13.7. The van der Waals surface area contributed by atoms with Gasteiger partial charge in [-0.15, -0.1) is 0 Å². The normalized spacial score (nSPS) is 20.4. The number of hydrogen-bond donors (Lipinski definition) is 1. The summed E-state index contributed by atoms with van der Waals surface area (Å²) in [5.74, 6) is -0.163. The predicted octanol–water partition coefficient (Wildman–Crippen LogP) is 3.25. The van der Waals surface area contributed by atoms with Gasteiger partial charge in [-0.2, -0.15) is 0 Å². The molecular weight excluding hydrogens is 454 g/mol. The second kappa shape index (κ2) is 12.0. The highest BCUT2D eigenvalue weighted by Crippen LogP contribution is 2.28. The number of hydrazine groups is 1. The van der Waals surface area contributed by atoms with Gasteiger partial charge in [0.05, 0.1) is 13.1 Å². The monoisotopic (exact) mass is 491 g/mol. The van der Waals surface area contributed by atoms with Crippen molar-refractivity contribution in [2.75, 3.05) is 26.7 Å². The standard InChI is InChI=1S/C28H37N5O3/c1-3-4-5-12-17-31-20-25-32(24(27(31)35)18-22-13-8-6-9-14-22)26(34)21-30(2)33(25)28(36)29-19-23-15-10-7-11-16-23/h6-11,13-16,24-25H,3-5,12,17-21H2,1-2H3,(H,29,36)/t24-,25?/m0/s1. The largest absolute Gasteiger partial charge is 0.337 e. The van der Waals surface area contributed by atoms with Gasteiger partial charge in [-0.25, -0.2) is 14.8 Å². The quantitative estimate of drug-likeness (QED) is 0.547. The van der Waals surface area contributed by atoms with Crippen molar-refractivity contribution >= 4 is 17.8 Å². The Morgan fingerprint density at radius 3 is 2.28 bits per heavy atom. The smallest absolute Gasteiger partial charge is 0.334 e. The zero-order chi connectivity index (χ0) is 25.5. The zero-order valence-electron chi connectivity index (χ0n) is 21.3. The summed E-state index contributed by atoms with van der Waals surface area (Å²) >= 11 is 0. The number of benzene rings is 2. The van der Waals surface area contributed by atoms with Crippen LogP contribution in [0, 0.1) is 0 Å². The van der Waals surface area contributed by atoms with E-state index >= 15 is 0 Å². The molecule has 36 heavy (non-hydrogen) atoms. The highest BCUT2D eigenvalue weighted by atomic mass is 16.2. The van der Waals surface area contributed by atoms with E-state index in [2.05, 4.69) is 12.2 Å². The van der Waals surface area contributed by atoms with E-state index in [0.717, 1.165) is 36.8 Å². The lowest BCUT2D eigenvalue weighted by molar-refractivity contribution is -0.186. The average Bonchev–Trinajstić information content (AvgIpc) is 2.88. The van der Waals surface area contributed by atoms with Crippen molar-refractivity contribution < 1.29 is 14.4 Å². The molecule has 0 spiro atoms. The van der Waals surface area contributed by atoms with Crippen LogP contribution >= 0.6 is 0 Å². The first-order chi connectivity index (χ1) is 17.5. The molecule has 8 heteroatoms. The Morgan fingerprint density at radius 1 is 0.944 bits per heavy atom. The summed E-state index contributed by atoms with van der Waals surface area (Å²) in [5, 5.41) is 6.30. The molecule has 0 aromatic heterocycles. The molecule has 2 aromatic carbocycles. The molecular formula is C28H37N5O3. The second-order valence-corrected chi connectivity index (χ2v) is 9.64. The fraction of sp³-hybridized carbons (Fsp3) is 0.464. The lowest BCUT2D eigenvalue weighted by Crippen LogP contribution is -2.76. The van der Waals surface area contributed by atoms with Gasteiger partial charge in [0.15, 0.2) is 0 Å². The lowest BCUT2D eigenvalue weighted by atomic mass is 9.98. The van der Waals surface area contributed by atoms with Crippen LogP contribution in [0.4, 0.5) is 4.79 Å². The van der Waals surface area contributed by atoms with Crippen LogP contribution in [0.1, 0.15) is 43.7 Å². The molecule has 1 unspecified atom stereocenters. The van der Waals surface area contributed by atoms with Gasteiger partial charge in [-0.1, -0.05) is 86.8 Å². The van der Waals surface area contributed by atoms with Gasteiger partial charge < -0.3 is 15.1 Å². The number of hydrogen-bond acceptors (Lipinski definition) is 4. The summed E-state index contributed by atoms with van der Waals surface area (Å²) in [5.41, 5.74) is 1.99. The van der Waals surface area contributed by atoms with Crippen molar-refractivity contribution in [3.05, 3.63) is 71.8 Å². The number of carbonyl (C=O) groups excluding carboxylic acids is 3. The Kier molecular flexibility index (Phi) is 8.59. The van der Waals surface area contributed by atoms with Crippen LogP contribution in [0.5, 0.6) is 0 Å². The third kappa shape index (κ3) is 5.87. The van der Waals surface area contributed by atoms with Crippen LogP contribution in [-0.4, -0.2) is 76.6 Å². The molecule has 0 saturated carbocycles. The Balaban J connectivity index is 1.58. The summed E-state index contributed by atoms with van der Waals surface area (Å²) in [6, 6.07) is 18.6. The SMILES string of the molecule is CCCCCCN1CC2N(C(=O)CN(C)N2C(=O)NCc2ccccc2)[C@@H](Cc2ccccc2)C1=O. The van der Waals surface area contributed by atoms with Crippen molar-refractivity contribution in [3.63, 3.8) is 0 Å². The predicted molar refractivity (Wildman–Crippen MR) is 138 cm³/mol. The molecule has 4 amide bonds. The van der Waals surface area contributed by atoms with Gasteiger partial charge in [0.2, 0.25) is 11.8 Å². The maximum Gasteiger partial charge on any atom is 0.334 e. The van der Waals surface area contributed by atoms with E-state index in [9.17, 15) is 14.4 Å². The number of nitrogens with zero attached hydrogens (tertiary/aromatic N) is 4. The first-order valence-electron chi connectivity index (χ1n) is 13.0. The van der Waals surface area contributed by atoms with Crippen molar-refractivity contribution in [3.8, 4) is 0 Å². The van der Waals surface area contributed by atoms with Gasteiger partial charge in [0.25, 0.3) is 0 Å². The molecule has 0 radical (unpaired) electrons. The number of unbranched alkanes of at least 4 members (excludes halogenated alkanes) is 3. The molecule has 2 atom stereocenters. The summed E-state index contributed by atoms with van der Waals surface area (Å²) in [6.07, 6.45) is 4.09. The van der Waals surface area contributed by atoms with Gasteiger partial charge >= 0.3 is 6.03 Å². The van der Waals surface area contributed by atoms with Gasteiger partial charge in [0, 0.05) is 26.6 Å².